The Morgan fingerprint density at radius 3 is 1.57 bits per heavy atom. The summed E-state index contributed by atoms with van der Waals surface area (Å²) in [6, 6.07) is 16.9. The summed E-state index contributed by atoms with van der Waals surface area (Å²) in [5, 5.41) is -1.25. The summed E-state index contributed by atoms with van der Waals surface area (Å²) >= 11 is 6.01. The molecule has 7 heteroatoms. The first-order valence-electron chi connectivity index (χ1n) is 8.57. The van der Waals surface area contributed by atoms with Gasteiger partial charge in [-0.3, -0.25) is 4.57 Å². The zero-order valence-electron chi connectivity index (χ0n) is 15.0. The Labute approximate surface area is 167 Å². The molecular formula is C21H18ClF2O3P. The van der Waals surface area contributed by atoms with Gasteiger partial charge >= 0.3 is 7.60 Å². The van der Waals surface area contributed by atoms with Crippen molar-refractivity contribution < 1.29 is 22.8 Å². The van der Waals surface area contributed by atoms with E-state index in [-0.39, 0.29) is 6.61 Å². The van der Waals surface area contributed by atoms with Gasteiger partial charge in [-0.25, -0.2) is 8.78 Å². The smallest absolute Gasteiger partial charge is 0.323 e. The fourth-order valence-corrected chi connectivity index (χ4v) is 5.43. The molecule has 0 saturated carbocycles. The molecule has 0 bridgehead atoms. The van der Waals surface area contributed by atoms with E-state index in [0.717, 1.165) is 0 Å². The van der Waals surface area contributed by atoms with E-state index >= 15 is 0 Å². The zero-order chi connectivity index (χ0) is 20.4. The summed E-state index contributed by atoms with van der Waals surface area (Å²) < 4.78 is 46.1. The van der Waals surface area contributed by atoms with Crippen molar-refractivity contribution in [2.24, 2.45) is 0 Å². The molecule has 3 aromatic carbocycles. The van der Waals surface area contributed by atoms with Crippen LogP contribution >= 0.6 is 19.2 Å². The lowest BCUT2D eigenvalue weighted by Gasteiger charge is -2.38. The Balaban J connectivity index is 2.43. The Kier molecular flexibility index (Phi) is 6.01. The van der Waals surface area contributed by atoms with Crippen LogP contribution in [0.2, 0.25) is 5.02 Å². The second-order valence-electron chi connectivity index (χ2n) is 6.17. The first-order chi connectivity index (χ1) is 13.3. The van der Waals surface area contributed by atoms with Gasteiger partial charge in [0.1, 0.15) is 16.8 Å². The van der Waals surface area contributed by atoms with E-state index in [1.165, 1.54) is 48.5 Å². The van der Waals surface area contributed by atoms with Crippen LogP contribution in [-0.4, -0.2) is 11.5 Å². The van der Waals surface area contributed by atoms with Gasteiger partial charge in [-0.05, 0) is 60.0 Å². The van der Waals surface area contributed by atoms with Crippen LogP contribution in [0.15, 0.2) is 72.8 Å². The molecule has 1 atom stereocenters. The minimum atomic E-state index is -4.43. The Hall–Kier alpha value is -2.04. The summed E-state index contributed by atoms with van der Waals surface area (Å²) in [6.45, 7) is 1.58. The second kappa shape index (κ2) is 8.14. The molecule has 3 rings (SSSR count). The van der Waals surface area contributed by atoms with E-state index in [4.69, 9.17) is 16.1 Å². The van der Waals surface area contributed by atoms with Crippen molar-refractivity contribution >= 4 is 19.2 Å². The van der Waals surface area contributed by atoms with Crippen molar-refractivity contribution in [3.63, 3.8) is 0 Å². The molecule has 0 aliphatic heterocycles. The van der Waals surface area contributed by atoms with Gasteiger partial charge in [0.05, 0.1) is 6.61 Å². The van der Waals surface area contributed by atoms with Gasteiger partial charge in [-0.2, -0.15) is 0 Å². The lowest BCUT2D eigenvalue weighted by Crippen LogP contribution is -2.30. The highest BCUT2D eigenvalue weighted by Gasteiger charge is 2.53. The number of halogens is 3. The van der Waals surface area contributed by atoms with Gasteiger partial charge in [0.25, 0.3) is 0 Å². The van der Waals surface area contributed by atoms with Crippen molar-refractivity contribution in [3.05, 3.63) is 106 Å². The van der Waals surface area contributed by atoms with Crippen molar-refractivity contribution in [1.29, 1.82) is 0 Å². The van der Waals surface area contributed by atoms with Gasteiger partial charge in [-0.1, -0.05) is 48.0 Å². The molecule has 1 unspecified atom stereocenters. The minimum Gasteiger partial charge on any atom is -0.323 e. The van der Waals surface area contributed by atoms with Gasteiger partial charge in [0.2, 0.25) is 0 Å². The monoisotopic (exact) mass is 422 g/mol. The van der Waals surface area contributed by atoms with Gasteiger partial charge in [0, 0.05) is 5.02 Å². The highest BCUT2D eigenvalue weighted by molar-refractivity contribution is 7.54. The number of rotatable bonds is 6. The van der Waals surface area contributed by atoms with E-state index in [9.17, 15) is 18.2 Å². The molecule has 3 nitrogen and oxygen atoms in total. The fraction of sp³-hybridized carbons (Fsp3) is 0.143. The van der Waals surface area contributed by atoms with Crippen LogP contribution in [0.25, 0.3) is 0 Å². The van der Waals surface area contributed by atoms with Crippen LogP contribution in [0.4, 0.5) is 8.78 Å². The summed E-state index contributed by atoms with van der Waals surface area (Å²) in [7, 11) is -4.43. The molecule has 0 aromatic heterocycles. The van der Waals surface area contributed by atoms with Crippen LogP contribution < -0.4 is 0 Å². The predicted molar refractivity (Wildman–Crippen MR) is 106 cm³/mol. The van der Waals surface area contributed by atoms with Crippen molar-refractivity contribution in [1.82, 2.24) is 0 Å². The van der Waals surface area contributed by atoms with Crippen molar-refractivity contribution in [2.45, 2.75) is 12.1 Å². The molecule has 28 heavy (non-hydrogen) atoms. The molecule has 0 saturated heterocycles. The molecule has 0 aliphatic rings. The second-order valence-corrected chi connectivity index (χ2v) is 8.58. The topological polar surface area (TPSA) is 46.5 Å². The molecule has 1 N–H and O–H groups in total. The molecule has 0 heterocycles. The first kappa shape index (κ1) is 20.7. The molecular weight excluding hydrogens is 405 g/mol. The lowest BCUT2D eigenvalue weighted by atomic mass is 9.84. The first-order valence-corrected chi connectivity index (χ1v) is 10.5. The third-order valence-electron chi connectivity index (χ3n) is 4.51. The third kappa shape index (κ3) is 3.63. The highest BCUT2D eigenvalue weighted by Crippen LogP contribution is 2.67. The maximum atomic E-state index is 13.6. The zero-order valence-corrected chi connectivity index (χ0v) is 16.6. The van der Waals surface area contributed by atoms with Gasteiger partial charge < -0.3 is 9.42 Å². The van der Waals surface area contributed by atoms with Crippen molar-refractivity contribution in [2.75, 3.05) is 6.61 Å². The summed E-state index contributed by atoms with van der Waals surface area (Å²) in [6.07, 6.45) is 0. The molecule has 0 amide bonds. The van der Waals surface area contributed by atoms with E-state index in [0.29, 0.717) is 21.7 Å². The minimum absolute atomic E-state index is 0.0223. The molecule has 0 radical (unpaired) electrons. The molecule has 0 aliphatic carbocycles. The average molecular weight is 423 g/mol. The molecule has 0 spiro atoms. The van der Waals surface area contributed by atoms with Crippen LogP contribution in [0, 0.1) is 11.6 Å². The Morgan fingerprint density at radius 1 is 0.857 bits per heavy atom. The fourth-order valence-electron chi connectivity index (χ4n) is 3.33. The van der Waals surface area contributed by atoms with E-state index < -0.39 is 24.4 Å². The van der Waals surface area contributed by atoms with E-state index in [1.54, 1.807) is 31.2 Å². The highest BCUT2D eigenvalue weighted by atomic mass is 35.5. The molecule has 0 fully saturated rings. The van der Waals surface area contributed by atoms with E-state index in [1.807, 2.05) is 0 Å². The van der Waals surface area contributed by atoms with Crippen LogP contribution in [0.3, 0.4) is 0 Å². The van der Waals surface area contributed by atoms with E-state index in [2.05, 4.69) is 0 Å². The van der Waals surface area contributed by atoms with Gasteiger partial charge in [-0.15, -0.1) is 0 Å². The maximum absolute atomic E-state index is 13.6. The third-order valence-corrected chi connectivity index (χ3v) is 7.00. The van der Waals surface area contributed by atoms with Crippen molar-refractivity contribution in [3.8, 4) is 0 Å². The lowest BCUT2D eigenvalue weighted by molar-refractivity contribution is 0.258. The van der Waals surface area contributed by atoms with Gasteiger partial charge in [0.15, 0.2) is 0 Å². The predicted octanol–water partition coefficient (Wildman–Crippen LogP) is 6.13. The largest absolute Gasteiger partial charge is 0.347 e. The Bertz CT molecular complexity index is 879. The SMILES string of the molecule is CCOP(=O)(O)C(c1ccc(F)cc1)(c1ccc(F)cc1)c1ccc(Cl)cc1. The standard InChI is InChI=1S/C21H18ClF2O3P/c1-2-27-28(25,26)21(15-3-9-18(22)10-4-15,16-5-11-19(23)12-6-16)17-7-13-20(24)14-8-17/h3-14H,2H2,1H3,(H,25,26). The summed E-state index contributed by atoms with van der Waals surface area (Å²) in [5.74, 6) is -0.978. The molecule has 3 aromatic rings. The number of hydrogen-bond donors (Lipinski definition) is 1. The normalized spacial score (nSPS) is 13.9. The van der Waals surface area contributed by atoms with Crippen LogP contribution in [0.1, 0.15) is 23.6 Å². The summed E-state index contributed by atoms with van der Waals surface area (Å²) in [4.78, 5) is 11.1. The number of benzene rings is 3. The van der Waals surface area contributed by atoms with Crippen LogP contribution in [0.5, 0.6) is 0 Å². The average Bonchev–Trinajstić information content (AvgIpc) is 2.66. The summed E-state index contributed by atoms with van der Waals surface area (Å²) in [5.41, 5.74) is 1.08. The number of hydrogen-bond acceptors (Lipinski definition) is 2. The Morgan fingerprint density at radius 2 is 1.21 bits per heavy atom. The quantitative estimate of drug-likeness (QED) is 0.384. The van der Waals surface area contributed by atoms with Crippen LogP contribution in [-0.2, 0) is 14.2 Å². The maximum Gasteiger partial charge on any atom is 0.347 e. The molecule has 146 valence electrons.